The highest BCUT2D eigenvalue weighted by Gasteiger charge is 2.50. The number of ether oxygens (including phenoxy) is 3. The third-order valence-electron chi connectivity index (χ3n) is 5.28. The summed E-state index contributed by atoms with van der Waals surface area (Å²) in [5.41, 5.74) is -1.43. The predicted octanol–water partition coefficient (Wildman–Crippen LogP) is 4.60. The van der Waals surface area contributed by atoms with Crippen LogP contribution in [-0.2, 0) is 19.8 Å². The maximum Gasteiger partial charge on any atom is 0.327 e. The molecule has 1 fully saturated rings. The van der Waals surface area contributed by atoms with Crippen LogP contribution in [0.15, 0.2) is 18.2 Å². The highest BCUT2D eigenvalue weighted by atomic mass is 28.3. The number of imide groups is 1. The number of benzene rings is 1. The minimum atomic E-state index is -1.50. The first-order valence-corrected chi connectivity index (χ1v) is 18.4. The smallest absolute Gasteiger partial charge is 0.327 e. The second kappa shape index (κ2) is 10.5. The van der Waals surface area contributed by atoms with Gasteiger partial charge in [-0.15, -0.1) is 0 Å². The molecular formula is C22H37FN2O5Si2. The Morgan fingerprint density at radius 1 is 1.00 bits per heavy atom. The highest BCUT2D eigenvalue weighted by Crippen LogP contribution is 2.32. The molecule has 1 aliphatic heterocycles. The normalized spacial score (nSPS) is 19.4. The third-order valence-corrected chi connectivity index (χ3v) is 8.68. The SMILES string of the molecule is CC1(c2ccc(OCOCC[Si](C)(C)C)cc2F)NC(=O)N(COCC[Si](C)(C)C)C1=O. The van der Waals surface area contributed by atoms with E-state index in [-0.39, 0.29) is 19.1 Å². The largest absolute Gasteiger partial charge is 0.467 e. The second-order valence-electron chi connectivity index (χ2n) is 10.8. The number of carbonyl (C=O) groups excluding carboxylic acids is 2. The van der Waals surface area contributed by atoms with Gasteiger partial charge in [-0.05, 0) is 31.1 Å². The zero-order valence-corrected chi connectivity index (χ0v) is 22.3. The fourth-order valence-corrected chi connectivity index (χ4v) is 4.58. The summed E-state index contributed by atoms with van der Waals surface area (Å²) in [5.74, 6) is -0.883. The van der Waals surface area contributed by atoms with Gasteiger partial charge in [-0.25, -0.2) is 14.1 Å². The van der Waals surface area contributed by atoms with Crippen LogP contribution in [0.5, 0.6) is 5.75 Å². The number of urea groups is 1. The molecule has 0 saturated carbocycles. The molecule has 0 aliphatic carbocycles. The molecule has 10 heteroatoms. The lowest BCUT2D eigenvalue weighted by atomic mass is 9.91. The first kappa shape index (κ1) is 26.5. The summed E-state index contributed by atoms with van der Waals surface area (Å²) < 4.78 is 31.4. The molecule has 1 aromatic rings. The van der Waals surface area contributed by atoms with Crippen LogP contribution in [0.25, 0.3) is 0 Å². The van der Waals surface area contributed by atoms with Gasteiger partial charge >= 0.3 is 6.03 Å². The molecule has 0 aromatic heterocycles. The van der Waals surface area contributed by atoms with Crippen molar-refractivity contribution in [3.63, 3.8) is 0 Å². The van der Waals surface area contributed by atoms with E-state index in [0.717, 1.165) is 17.0 Å². The van der Waals surface area contributed by atoms with E-state index in [1.807, 2.05) is 0 Å². The standard InChI is InChI=1S/C22H37FN2O5Si2/c1-22(20(26)25(21(27)24-22)15-28-10-12-31(2,3)4)18-9-8-17(14-19(18)23)30-16-29-11-13-32(5,6)7/h8-9,14H,10-13,15-16H2,1-7H3,(H,24,27). The zero-order valence-electron chi connectivity index (χ0n) is 20.3. The van der Waals surface area contributed by atoms with E-state index in [4.69, 9.17) is 14.2 Å². The van der Waals surface area contributed by atoms with Gasteiger partial charge in [0.25, 0.3) is 5.91 Å². The lowest BCUT2D eigenvalue weighted by Crippen LogP contribution is -2.42. The Balaban J connectivity index is 1.96. The summed E-state index contributed by atoms with van der Waals surface area (Å²) in [5, 5.41) is 2.60. The lowest BCUT2D eigenvalue weighted by molar-refractivity contribution is -0.134. The van der Waals surface area contributed by atoms with E-state index in [2.05, 4.69) is 44.6 Å². The van der Waals surface area contributed by atoms with Crippen molar-refractivity contribution in [2.45, 2.75) is 63.8 Å². The van der Waals surface area contributed by atoms with Crippen molar-refractivity contribution in [3.05, 3.63) is 29.6 Å². The Kier molecular flexibility index (Phi) is 8.65. The molecule has 1 unspecified atom stereocenters. The Morgan fingerprint density at radius 2 is 1.59 bits per heavy atom. The summed E-state index contributed by atoms with van der Waals surface area (Å²) >= 11 is 0. The number of carbonyl (C=O) groups is 2. The summed E-state index contributed by atoms with van der Waals surface area (Å²) in [6, 6.07) is 5.57. The van der Waals surface area contributed by atoms with Gasteiger partial charge in [0.15, 0.2) is 6.79 Å². The van der Waals surface area contributed by atoms with E-state index in [9.17, 15) is 14.0 Å². The molecule has 1 heterocycles. The van der Waals surface area contributed by atoms with Crippen LogP contribution in [0.3, 0.4) is 0 Å². The number of amides is 3. The van der Waals surface area contributed by atoms with Crippen LogP contribution in [0, 0.1) is 5.82 Å². The van der Waals surface area contributed by atoms with Crippen molar-refractivity contribution in [1.29, 1.82) is 0 Å². The van der Waals surface area contributed by atoms with Crippen molar-refractivity contribution < 1.29 is 28.2 Å². The molecular weight excluding hydrogens is 447 g/mol. The van der Waals surface area contributed by atoms with E-state index in [1.54, 1.807) is 6.07 Å². The van der Waals surface area contributed by atoms with Crippen molar-refractivity contribution in [1.82, 2.24) is 10.2 Å². The summed E-state index contributed by atoms with van der Waals surface area (Å²) in [7, 11) is -2.46. The van der Waals surface area contributed by atoms with E-state index < -0.39 is 39.4 Å². The Morgan fingerprint density at radius 3 is 2.16 bits per heavy atom. The van der Waals surface area contributed by atoms with Crippen molar-refractivity contribution in [3.8, 4) is 5.75 Å². The molecule has 0 radical (unpaired) electrons. The fraction of sp³-hybridized carbons (Fsp3) is 0.636. The van der Waals surface area contributed by atoms with Crippen LogP contribution in [0.2, 0.25) is 51.4 Å². The van der Waals surface area contributed by atoms with Gasteiger partial charge in [0, 0.05) is 41.0 Å². The van der Waals surface area contributed by atoms with Crippen LogP contribution in [0.4, 0.5) is 9.18 Å². The first-order chi connectivity index (χ1) is 14.7. The van der Waals surface area contributed by atoms with E-state index in [1.165, 1.54) is 19.1 Å². The molecule has 3 amide bonds. The topological polar surface area (TPSA) is 77.1 Å². The summed E-state index contributed by atoms with van der Waals surface area (Å²) in [4.78, 5) is 26.3. The van der Waals surface area contributed by atoms with Gasteiger partial charge in [0.2, 0.25) is 0 Å². The molecule has 180 valence electrons. The van der Waals surface area contributed by atoms with Crippen LogP contribution in [-0.4, -0.2) is 59.7 Å². The van der Waals surface area contributed by atoms with Gasteiger partial charge in [0.05, 0.1) is 0 Å². The fourth-order valence-electron chi connectivity index (χ4n) is 3.07. The zero-order chi connectivity index (χ0) is 24.2. The maximum absolute atomic E-state index is 14.9. The third kappa shape index (κ3) is 7.39. The molecule has 0 spiro atoms. The van der Waals surface area contributed by atoms with Gasteiger partial charge < -0.3 is 19.5 Å². The summed E-state index contributed by atoms with van der Waals surface area (Å²) in [6.07, 6.45) is 0. The van der Waals surface area contributed by atoms with E-state index >= 15 is 0 Å². The minimum absolute atomic E-state index is 0.0265. The van der Waals surface area contributed by atoms with Crippen molar-refractivity contribution in [2.75, 3.05) is 26.7 Å². The van der Waals surface area contributed by atoms with Crippen molar-refractivity contribution >= 4 is 28.1 Å². The lowest BCUT2D eigenvalue weighted by Gasteiger charge is -2.23. The molecule has 2 rings (SSSR count). The molecule has 32 heavy (non-hydrogen) atoms. The van der Waals surface area contributed by atoms with Gasteiger partial charge in [-0.2, -0.15) is 0 Å². The predicted molar refractivity (Wildman–Crippen MR) is 128 cm³/mol. The number of hydrogen-bond acceptors (Lipinski definition) is 5. The number of rotatable bonds is 12. The molecule has 1 N–H and O–H groups in total. The second-order valence-corrected chi connectivity index (χ2v) is 22.0. The average Bonchev–Trinajstić information content (AvgIpc) is 2.86. The average molecular weight is 485 g/mol. The molecule has 0 bridgehead atoms. The van der Waals surface area contributed by atoms with Crippen LogP contribution in [0.1, 0.15) is 12.5 Å². The number of nitrogens with one attached hydrogen (secondary N) is 1. The van der Waals surface area contributed by atoms with E-state index in [0.29, 0.717) is 19.0 Å². The Hall–Kier alpha value is -1.76. The number of nitrogens with zero attached hydrogens (tertiary/aromatic N) is 1. The number of hydrogen-bond donors (Lipinski definition) is 1. The first-order valence-electron chi connectivity index (χ1n) is 11.0. The minimum Gasteiger partial charge on any atom is -0.467 e. The highest BCUT2D eigenvalue weighted by molar-refractivity contribution is 6.76. The van der Waals surface area contributed by atoms with Gasteiger partial charge in [-0.1, -0.05) is 39.3 Å². The van der Waals surface area contributed by atoms with Crippen LogP contribution < -0.4 is 10.1 Å². The monoisotopic (exact) mass is 484 g/mol. The quantitative estimate of drug-likeness (QED) is 0.203. The maximum atomic E-state index is 14.9. The summed E-state index contributed by atoms with van der Waals surface area (Å²) in [6.45, 7) is 15.9. The van der Waals surface area contributed by atoms with Gasteiger partial charge in [-0.3, -0.25) is 4.79 Å². The molecule has 1 saturated heterocycles. The van der Waals surface area contributed by atoms with Gasteiger partial charge in [0.1, 0.15) is 23.8 Å². The Bertz CT molecular complexity index is 826. The molecule has 1 aromatic carbocycles. The molecule has 1 aliphatic rings. The van der Waals surface area contributed by atoms with Crippen molar-refractivity contribution in [2.24, 2.45) is 0 Å². The number of halogens is 1. The molecule has 1 atom stereocenters. The van der Waals surface area contributed by atoms with Crippen LogP contribution >= 0.6 is 0 Å². The Labute approximate surface area is 192 Å². The molecule has 7 nitrogen and oxygen atoms in total.